The van der Waals surface area contributed by atoms with E-state index < -0.39 is 5.92 Å². The van der Waals surface area contributed by atoms with Gasteiger partial charge >= 0.3 is 0 Å². The van der Waals surface area contributed by atoms with Crippen LogP contribution in [0.5, 0.6) is 11.6 Å². The zero-order chi connectivity index (χ0) is 16.4. The number of para-hydroxylation sites is 1. The Hall–Kier alpha value is -3.27. The van der Waals surface area contributed by atoms with Gasteiger partial charge in [-0.05, 0) is 13.0 Å². The Morgan fingerprint density at radius 3 is 3.00 bits per heavy atom. The van der Waals surface area contributed by atoms with E-state index in [0.717, 1.165) is 0 Å². The van der Waals surface area contributed by atoms with Crippen LogP contribution in [0.1, 0.15) is 24.0 Å². The van der Waals surface area contributed by atoms with Crippen molar-refractivity contribution in [1.29, 1.82) is 5.26 Å². The number of rotatable bonds is 3. The maximum absolute atomic E-state index is 12.3. The molecule has 0 spiro atoms. The predicted octanol–water partition coefficient (Wildman–Crippen LogP) is 1.39. The van der Waals surface area contributed by atoms with Gasteiger partial charge in [0.2, 0.25) is 11.8 Å². The third-order valence-corrected chi connectivity index (χ3v) is 3.55. The first-order valence-electron chi connectivity index (χ1n) is 7.04. The quantitative estimate of drug-likeness (QED) is 0.885. The minimum Gasteiger partial charge on any atom is -0.494 e. The monoisotopic (exact) mass is 310 g/mol. The number of aromatic nitrogens is 2. The second kappa shape index (κ2) is 5.85. The number of nitriles is 1. The SMILES string of the molecule is CCOc1ccccc1C1C(C#N)=C(N)Oc2nc[nH]c(=O)c21. The first-order chi connectivity index (χ1) is 11.2. The van der Waals surface area contributed by atoms with Crippen molar-refractivity contribution in [3.8, 4) is 17.7 Å². The van der Waals surface area contributed by atoms with E-state index in [2.05, 4.69) is 9.97 Å². The standard InChI is InChI=1S/C16H14N4O3/c1-2-22-11-6-4-3-5-9(11)12-10(7-17)14(18)23-16-13(12)15(21)19-8-20-16/h3-6,8,12H,2,18H2,1H3,(H,19,20,21). The Morgan fingerprint density at radius 2 is 2.26 bits per heavy atom. The molecule has 1 atom stereocenters. The number of nitrogens with zero attached hydrogens (tertiary/aromatic N) is 2. The second-order valence-electron chi connectivity index (χ2n) is 4.85. The summed E-state index contributed by atoms with van der Waals surface area (Å²) in [5.41, 5.74) is 6.53. The number of nitrogens with two attached hydrogens (primary N) is 1. The zero-order valence-electron chi connectivity index (χ0n) is 12.4. The summed E-state index contributed by atoms with van der Waals surface area (Å²) in [5, 5.41) is 9.49. The molecule has 0 amide bonds. The fraction of sp³-hybridized carbons (Fsp3) is 0.188. The van der Waals surface area contributed by atoms with E-state index in [-0.39, 0.29) is 28.5 Å². The molecule has 7 heteroatoms. The van der Waals surface area contributed by atoms with Crippen LogP contribution in [0, 0.1) is 11.3 Å². The largest absolute Gasteiger partial charge is 0.494 e. The third kappa shape index (κ3) is 2.40. The normalized spacial score (nSPS) is 16.3. The van der Waals surface area contributed by atoms with E-state index in [1.165, 1.54) is 6.33 Å². The molecule has 3 N–H and O–H groups in total. The molecule has 0 saturated heterocycles. The highest BCUT2D eigenvalue weighted by Gasteiger charge is 2.35. The number of ether oxygens (including phenoxy) is 2. The summed E-state index contributed by atoms with van der Waals surface area (Å²) in [6.07, 6.45) is 1.23. The van der Waals surface area contributed by atoms with Gasteiger partial charge in [-0.2, -0.15) is 5.26 Å². The van der Waals surface area contributed by atoms with Gasteiger partial charge in [-0.25, -0.2) is 4.98 Å². The number of fused-ring (bicyclic) bond motifs is 1. The van der Waals surface area contributed by atoms with E-state index in [0.29, 0.717) is 17.9 Å². The number of allylic oxidation sites excluding steroid dienone is 1. The Balaban J connectivity index is 2.29. The lowest BCUT2D eigenvalue weighted by atomic mass is 9.84. The molecule has 1 unspecified atom stereocenters. The van der Waals surface area contributed by atoms with E-state index in [4.69, 9.17) is 15.2 Å². The molecular weight excluding hydrogens is 296 g/mol. The molecule has 0 aliphatic carbocycles. The van der Waals surface area contributed by atoms with Gasteiger partial charge in [0.1, 0.15) is 17.4 Å². The molecule has 1 aromatic carbocycles. The van der Waals surface area contributed by atoms with Crippen LogP contribution in [0.2, 0.25) is 0 Å². The number of benzene rings is 1. The minimum absolute atomic E-state index is 0.0607. The Kier molecular flexibility index (Phi) is 3.73. The number of hydrogen-bond donors (Lipinski definition) is 2. The lowest BCUT2D eigenvalue weighted by Gasteiger charge is -2.25. The van der Waals surface area contributed by atoms with Gasteiger partial charge in [0.25, 0.3) is 5.56 Å². The smallest absolute Gasteiger partial charge is 0.258 e. The topological polar surface area (TPSA) is 114 Å². The molecule has 1 aliphatic rings. The van der Waals surface area contributed by atoms with Crippen LogP contribution in [0.25, 0.3) is 0 Å². The Labute approximate surface area is 132 Å². The number of H-pyrrole nitrogens is 1. The van der Waals surface area contributed by atoms with Crippen molar-refractivity contribution in [2.24, 2.45) is 5.73 Å². The van der Waals surface area contributed by atoms with Crippen LogP contribution >= 0.6 is 0 Å². The maximum atomic E-state index is 12.3. The molecule has 0 fully saturated rings. The lowest BCUT2D eigenvalue weighted by molar-refractivity contribution is 0.333. The van der Waals surface area contributed by atoms with Crippen LogP contribution in [-0.4, -0.2) is 16.6 Å². The molecule has 3 rings (SSSR count). The second-order valence-corrected chi connectivity index (χ2v) is 4.85. The van der Waals surface area contributed by atoms with Gasteiger partial charge in [0.15, 0.2) is 0 Å². The van der Waals surface area contributed by atoms with Crippen molar-refractivity contribution in [2.45, 2.75) is 12.8 Å². The molecule has 2 heterocycles. The predicted molar refractivity (Wildman–Crippen MR) is 81.8 cm³/mol. The summed E-state index contributed by atoms with van der Waals surface area (Å²) in [6, 6.07) is 9.24. The minimum atomic E-state index is -0.691. The van der Waals surface area contributed by atoms with Gasteiger partial charge in [0.05, 0.1) is 24.4 Å². The highest BCUT2D eigenvalue weighted by atomic mass is 16.5. The van der Waals surface area contributed by atoms with Crippen LogP contribution in [0.3, 0.4) is 0 Å². The average molecular weight is 310 g/mol. The molecule has 0 bridgehead atoms. The summed E-state index contributed by atoms with van der Waals surface area (Å²) in [4.78, 5) is 18.8. The molecule has 0 saturated carbocycles. The van der Waals surface area contributed by atoms with Crippen molar-refractivity contribution in [1.82, 2.24) is 9.97 Å². The van der Waals surface area contributed by atoms with Crippen LogP contribution in [-0.2, 0) is 0 Å². The van der Waals surface area contributed by atoms with Crippen molar-refractivity contribution < 1.29 is 9.47 Å². The van der Waals surface area contributed by atoms with E-state index in [1.807, 2.05) is 25.1 Å². The first kappa shape index (κ1) is 14.7. The summed E-state index contributed by atoms with van der Waals surface area (Å²) in [6.45, 7) is 2.32. The molecule has 1 aromatic heterocycles. The summed E-state index contributed by atoms with van der Waals surface area (Å²) >= 11 is 0. The van der Waals surface area contributed by atoms with Crippen LogP contribution in [0.4, 0.5) is 0 Å². The molecule has 116 valence electrons. The van der Waals surface area contributed by atoms with Gasteiger partial charge in [-0.3, -0.25) is 4.79 Å². The van der Waals surface area contributed by atoms with Gasteiger partial charge in [0, 0.05) is 5.56 Å². The highest BCUT2D eigenvalue weighted by molar-refractivity contribution is 5.55. The average Bonchev–Trinajstić information content (AvgIpc) is 2.55. The summed E-state index contributed by atoms with van der Waals surface area (Å²) < 4.78 is 11.0. The molecule has 23 heavy (non-hydrogen) atoms. The van der Waals surface area contributed by atoms with Gasteiger partial charge in [-0.1, -0.05) is 18.2 Å². The molecule has 7 nitrogen and oxygen atoms in total. The van der Waals surface area contributed by atoms with Gasteiger partial charge in [-0.15, -0.1) is 0 Å². The van der Waals surface area contributed by atoms with Crippen LogP contribution < -0.4 is 20.8 Å². The first-order valence-corrected chi connectivity index (χ1v) is 7.04. The Bertz CT molecular complexity index is 879. The molecular formula is C16H14N4O3. The number of aromatic amines is 1. The van der Waals surface area contributed by atoms with E-state index >= 15 is 0 Å². The number of nitrogens with one attached hydrogen (secondary N) is 1. The fourth-order valence-electron chi connectivity index (χ4n) is 2.61. The van der Waals surface area contributed by atoms with Crippen molar-refractivity contribution in [3.63, 3.8) is 0 Å². The maximum Gasteiger partial charge on any atom is 0.258 e. The molecule has 1 aliphatic heterocycles. The summed E-state index contributed by atoms with van der Waals surface area (Å²) in [7, 11) is 0. The fourth-order valence-corrected chi connectivity index (χ4v) is 2.61. The summed E-state index contributed by atoms with van der Waals surface area (Å²) in [5.74, 6) is -0.0726. The molecule has 2 aromatic rings. The Morgan fingerprint density at radius 1 is 1.48 bits per heavy atom. The van der Waals surface area contributed by atoms with Crippen molar-refractivity contribution in [3.05, 3.63) is 63.5 Å². The lowest BCUT2D eigenvalue weighted by Crippen LogP contribution is -2.28. The van der Waals surface area contributed by atoms with E-state index in [1.54, 1.807) is 12.1 Å². The van der Waals surface area contributed by atoms with Gasteiger partial charge < -0.3 is 20.2 Å². The van der Waals surface area contributed by atoms with E-state index in [9.17, 15) is 10.1 Å². The molecule has 0 radical (unpaired) electrons. The number of hydrogen-bond acceptors (Lipinski definition) is 6. The van der Waals surface area contributed by atoms with Crippen molar-refractivity contribution in [2.75, 3.05) is 6.61 Å². The third-order valence-electron chi connectivity index (χ3n) is 3.55. The van der Waals surface area contributed by atoms with Crippen LogP contribution in [0.15, 0.2) is 46.8 Å². The van der Waals surface area contributed by atoms with Crippen molar-refractivity contribution >= 4 is 0 Å². The highest BCUT2D eigenvalue weighted by Crippen LogP contribution is 2.42. The zero-order valence-corrected chi connectivity index (χ0v) is 12.4.